The van der Waals surface area contributed by atoms with Crippen molar-refractivity contribution in [3.63, 3.8) is 0 Å². The molecule has 0 N–H and O–H groups in total. The Morgan fingerprint density at radius 2 is 1.93 bits per heavy atom. The average Bonchev–Trinajstić information content (AvgIpc) is 3.03. The number of benzene rings is 2. The number of amides is 1. The number of carbonyl (C=O) groups is 2. The van der Waals surface area contributed by atoms with Gasteiger partial charge < -0.3 is 9.30 Å². The molecule has 0 fully saturated rings. The maximum atomic E-state index is 13.6. The average molecular weight is 410 g/mol. The third-order valence-corrected chi connectivity index (χ3v) is 5.19. The molecular formula is C20H15FN4O3S. The highest BCUT2D eigenvalue weighted by Crippen LogP contribution is 2.19. The van der Waals surface area contributed by atoms with E-state index < -0.39 is 17.7 Å². The number of aromatic nitrogens is 3. The fourth-order valence-corrected chi connectivity index (χ4v) is 3.92. The zero-order valence-electron chi connectivity index (χ0n) is 15.3. The van der Waals surface area contributed by atoms with Gasteiger partial charge in [0, 0.05) is 18.0 Å². The van der Waals surface area contributed by atoms with Gasteiger partial charge in [0.15, 0.2) is 4.80 Å². The highest BCUT2D eigenvalue weighted by molar-refractivity contribution is 7.16. The molecule has 9 heteroatoms. The van der Waals surface area contributed by atoms with Crippen molar-refractivity contribution in [1.82, 2.24) is 14.5 Å². The Kier molecular flexibility index (Phi) is 5.13. The van der Waals surface area contributed by atoms with E-state index in [1.54, 1.807) is 48.1 Å². The van der Waals surface area contributed by atoms with Gasteiger partial charge in [0.1, 0.15) is 12.4 Å². The fraction of sp³-hybridized carbons (Fsp3) is 0.150. The van der Waals surface area contributed by atoms with Crippen molar-refractivity contribution < 1.29 is 18.7 Å². The second-order valence-corrected chi connectivity index (χ2v) is 7.07. The highest BCUT2D eigenvalue weighted by atomic mass is 32.1. The van der Waals surface area contributed by atoms with Gasteiger partial charge in [0.05, 0.1) is 27.9 Å². The van der Waals surface area contributed by atoms with Crippen molar-refractivity contribution in [3.05, 3.63) is 65.0 Å². The number of ether oxygens (including phenoxy) is 1. The standard InChI is InChI=1S/C20H15FN4O3S/c1-2-28-18(26)11-25-16-6-4-13(21)10-17(16)29-20(25)24-19(27)12-3-5-14-15(9-12)23-8-7-22-14/h3-10H,2,11H2,1H3. The predicted octanol–water partition coefficient (Wildman–Crippen LogP) is 3.09. The Labute approximate surface area is 168 Å². The molecule has 0 saturated heterocycles. The molecular weight excluding hydrogens is 395 g/mol. The summed E-state index contributed by atoms with van der Waals surface area (Å²) in [5.74, 6) is -1.37. The topological polar surface area (TPSA) is 86.4 Å². The molecule has 2 aromatic heterocycles. The van der Waals surface area contributed by atoms with E-state index in [0.29, 0.717) is 26.8 Å². The zero-order valence-corrected chi connectivity index (χ0v) is 16.1. The molecule has 4 rings (SSSR count). The van der Waals surface area contributed by atoms with Crippen LogP contribution in [0.15, 0.2) is 53.8 Å². The smallest absolute Gasteiger partial charge is 0.326 e. The number of fused-ring (bicyclic) bond motifs is 2. The third-order valence-electron chi connectivity index (χ3n) is 4.15. The monoisotopic (exact) mass is 410 g/mol. The van der Waals surface area contributed by atoms with Crippen LogP contribution in [0.5, 0.6) is 0 Å². The lowest BCUT2D eigenvalue weighted by Crippen LogP contribution is -2.23. The van der Waals surface area contributed by atoms with E-state index in [1.165, 1.54) is 12.1 Å². The van der Waals surface area contributed by atoms with E-state index in [2.05, 4.69) is 15.0 Å². The lowest BCUT2D eigenvalue weighted by Gasteiger charge is -2.05. The number of carbonyl (C=O) groups excluding carboxylic acids is 2. The fourth-order valence-electron chi connectivity index (χ4n) is 2.87. The van der Waals surface area contributed by atoms with Crippen molar-refractivity contribution in [2.75, 3.05) is 6.61 Å². The van der Waals surface area contributed by atoms with E-state index >= 15 is 0 Å². The third kappa shape index (κ3) is 3.90. The molecule has 1 amide bonds. The molecule has 0 aliphatic rings. The van der Waals surface area contributed by atoms with Crippen LogP contribution >= 0.6 is 11.3 Å². The molecule has 0 aliphatic heterocycles. The molecule has 29 heavy (non-hydrogen) atoms. The summed E-state index contributed by atoms with van der Waals surface area (Å²) in [7, 11) is 0. The van der Waals surface area contributed by atoms with Gasteiger partial charge >= 0.3 is 5.97 Å². The number of halogens is 1. The van der Waals surface area contributed by atoms with Crippen molar-refractivity contribution in [1.29, 1.82) is 0 Å². The van der Waals surface area contributed by atoms with Crippen LogP contribution in [0.25, 0.3) is 21.3 Å². The van der Waals surface area contributed by atoms with Gasteiger partial charge in [-0.2, -0.15) is 4.99 Å². The predicted molar refractivity (Wildman–Crippen MR) is 106 cm³/mol. The van der Waals surface area contributed by atoms with Crippen LogP contribution in [0, 0.1) is 5.82 Å². The van der Waals surface area contributed by atoms with Crippen molar-refractivity contribution in [2.45, 2.75) is 13.5 Å². The largest absolute Gasteiger partial charge is 0.465 e. The number of nitrogens with zero attached hydrogens (tertiary/aromatic N) is 4. The lowest BCUT2D eigenvalue weighted by molar-refractivity contribution is -0.143. The summed E-state index contributed by atoms with van der Waals surface area (Å²) in [6, 6.07) is 9.11. The maximum Gasteiger partial charge on any atom is 0.326 e. The van der Waals surface area contributed by atoms with Crippen LogP contribution < -0.4 is 4.80 Å². The minimum absolute atomic E-state index is 0.130. The first-order chi connectivity index (χ1) is 14.0. The summed E-state index contributed by atoms with van der Waals surface area (Å²) in [6.07, 6.45) is 3.12. The molecule has 4 aromatic rings. The van der Waals surface area contributed by atoms with Gasteiger partial charge in [-0.05, 0) is 43.3 Å². The number of hydrogen-bond acceptors (Lipinski definition) is 6. The molecule has 0 atom stereocenters. The lowest BCUT2D eigenvalue weighted by atomic mass is 10.2. The van der Waals surface area contributed by atoms with Crippen LogP contribution in [0.3, 0.4) is 0 Å². The summed E-state index contributed by atoms with van der Waals surface area (Å²) in [6.45, 7) is 1.81. The molecule has 0 bridgehead atoms. The van der Waals surface area contributed by atoms with Crippen LogP contribution in [0.2, 0.25) is 0 Å². The number of rotatable bonds is 4. The van der Waals surface area contributed by atoms with Gasteiger partial charge in [-0.3, -0.25) is 19.6 Å². The summed E-state index contributed by atoms with van der Waals surface area (Å²) >= 11 is 1.12. The van der Waals surface area contributed by atoms with E-state index in [1.807, 2.05) is 0 Å². The second-order valence-electron chi connectivity index (χ2n) is 6.06. The summed E-state index contributed by atoms with van der Waals surface area (Å²) in [5, 5.41) is 0. The molecule has 0 aliphatic carbocycles. The van der Waals surface area contributed by atoms with E-state index in [0.717, 1.165) is 11.3 Å². The van der Waals surface area contributed by atoms with Crippen molar-refractivity contribution in [3.8, 4) is 0 Å². The van der Waals surface area contributed by atoms with Crippen molar-refractivity contribution in [2.24, 2.45) is 4.99 Å². The van der Waals surface area contributed by atoms with Gasteiger partial charge in [0.2, 0.25) is 0 Å². The summed E-state index contributed by atoms with van der Waals surface area (Å²) < 4.78 is 20.8. The van der Waals surface area contributed by atoms with E-state index in [-0.39, 0.29) is 18.0 Å². The molecule has 0 unspecified atom stereocenters. The van der Waals surface area contributed by atoms with Crippen molar-refractivity contribution >= 4 is 44.5 Å². The molecule has 0 radical (unpaired) electrons. The number of hydrogen-bond donors (Lipinski definition) is 0. The molecule has 146 valence electrons. The molecule has 2 heterocycles. The van der Waals surface area contributed by atoms with Gasteiger partial charge in [-0.15, -0.1) is 0 Å². The number of esters is 1. The Hall–Kier alpha value is -3.46. The highest BCUT2D eigenvalue weighted by Gasteiger charge is 2.14. The number of thiazole rings is 1. The summed E-state index contributed by atoms with van der Waals surface area (Å²) in [5.41, 5.74) is 2.18. The normalized spacial score (nSPS) is 11.9. The first-order valence-corrected chi connectivity index (χ1v) is 9.61. The van der Waals surface area contributed by atoms with Crippen LogP contribution in [-0.4, -0.2) is 33.0 Å². The zero-order chi connectivity index (χ0) is 20.4. The van der Waals surface area contributed by atoms with Gasteiger partial charge in [0.25, 0.3) is 5.91 Å². The van der Waals surface area contributed by atoms with Gasteiger partial charge in [-0.1, -0.05) is 11.3 Å². The minimum atomic E-state index is -0.498. The summed E-state index contributed by atoms with van der Waals surface area (Å²) in [4.78, 5) is 37.6. The quantitative estimate of drug-likeness (QED) is 0.483. The van der Waals surface area contributed by atoms with Crippen LogP contribution in [0.1, 0.15) is 17.3 Å². The SMILES string of the molecule is CCOC(=O)Cn1c(=NC(=O)c2ccc3nccnc3c2)sc2cc(F)ccc21. The molecule has 0 saturated carbocycles. The molecule has 0 spiro atoms. The Bertz CT molecular complexity index is 1310. The minimum Gasteiger partial charge on any atom is -0.465 e. The second kappa shape index (κ2) is 7.88. The molecule has 7 nitrogen and oxygen atoms in total. The first kappa shape index (κ1) is 18.9. The molecule has 2 aromatic carbocycles. The Balaban J connectivity index is 1.80. The van der Waals surface area contributed by atoms with Gasteiger partial charge in [-0.25, -0.2) is 4.39 Å². The van der Waals surface area contributed by atoms with E-state index in [9.17, 15) is 14.0 Å². The van der Waals surface area contributed by atoms with E-state index in [4.69, 9.17) is 4.74 Å². The Morgan fingerprint density at radius 1 is 1.14 bits per heavy atom. The maximum absolute atomic E-state index is 13.6. The van der Waals surface area contributed by atoms with Crippen LogP contribution in [-0.2, 0) is 16.1 Å². The first-order valence-electron chi connectivity index (χ1n) is 8.79. The van der Waals surface area contributed by atoms with Crippen LogP contribution in [0.4, 0.5) is 4.39 Å². The Morgan fingerprint density at radius 3 is 2.72 bits per heavy atom.